The van der Waals surface area contributed by atoms with Crippen LogP contribution in [0.1, 0.15) is 10.4 Å². The van der Waals surface area contributed by atoms with Crippen molar-refractivity contribution in [2.24, 2.45) is 0 Å². The van der Waals surface area contributed by atoms with Gasteiger partial charge in [-0.1, -0.05) is 22.9 Å². The van der Waals surface area contributed by atoms with E-state index >= 15 is 0 Å². The number of hydrogen-bond acceptors (Lipinski definition) is 4. The van der Waals surface area contributed by atoms with Crippen LogP contribution in [0.5, 0.6) is 0 Å². The van der Waals surface area contributed by atoms with Crippen molar-refractivity contribution in [1.82, 2.24) is 9.97 Å². The van der Waals surface area contributed by atoms with E-state index in [1.165, 1.54) is 23.6 Å². The molecule has 2 rings (SSSR count). The van der Waals surface area contributed by atoms with Crippen molar-refractivity contribution < 1.29 is 4.79 Å². The van der Waals surface area contributed by atoms with Crippen molar-refractivity contribution in [3.8, 4) is 0 Å². The van der Waals surface area contributed by atoms with Gasteiger partial charge in [0.05, 0.1) is 9.98 Å². The number of carbonyl (C=O) groups is 1. The minimum absolute atomic E-state index is 0.258. The summed E-state index contributed by atoms with van der Waals surface area (Å²) in [7, 11) is 0. The first kappa shape index (κ1) is 11.5. The van der Waals surface area contributed by atoms with Crippen molar-refractivity contribution in [1.29, 1.82) is 0 Å². The predicted octanol–water partition coefficient (Wildman–Crippen LogP) is 3.21. The second-order valence-corrected chi connectivity index (χ2v) is 5.59. The topological polar surface area (TPSA) is 54.9 Å². The number of amides is 1. The molecule has 0 aliphatic rings. The highest BCUT2D eigenvalue weighted by molar-refractivity contribution is 9.11. The molecule has 0 saturated heterocycles. The van der Waals surface area contributed by atoms with Gasteiger partial charge in [-0.2, -0.15) is 0 Å². The van der Waals surface area contributed by atoms with E-state index in [2.05, 4.69) is 31.2 Å². The second-order valence-electron chi connectivity index (χ2n) is 2.79. The first-order valence-corrected chi connectivity index (χ1v) is 6.18. The zero-order valence-electron chi connectivity index (χ0n) is 7.78. The van der Waals surface area contributed by atoms with E-state index in [1.807, 2.05) is 0 Å². The Morgan fingerprint density at radius 2 is 2.31 bits per heavy atom. The number of pyridine rings is 1. The van der Waals surface area contributed by atoms with Crippen molar-refractivity contribution in [3.63, 3.8) is 0 Å². The zero-order valence-corrected chi connectivity index (χ0v) is 10.9. The van der Waals surface area contributed by atoms with Gasteiger partial charge in [-0.15, -0.1) is 0 Å². The second kappa shape index (κ2) is 4.90. The lowest BCUT2D eigenvalue weighted by Gasteiger charge is -2.00. The van der Waals surface area contributed by atoms with Crippen molar-refractivity contribution in [2.75, 3.05) is 5.32 Å². The number of thiazole rings is 1. The number of aromatic nitrogens is 2. The molecule has 2 heterocycles. The van der Waals surface area contributed by atoms with Gasteiger partial charge in [0.1, 0.15) is 5.15 Å². The third-order valence-electron chi connectivity index (χ3n) is 1.69. The molecule has 0 unspecified atom stereocenters. The Balaban J connectivity index is 2.14. The van der Waals surface area contributed by atoms with Gasteiger partial charge in [0.25, 0.3) is 5.91 Å². The summed E-state index contributed by atoms with van der Waals surface area (Å²) in [5.74, 6) is -0.258. The highest BCUT2D eigenvalue weighted by atomic mass is 79.9. The molecule has 82 valence electrons. The smallest absolute Gasteiger partial charge is 0.257 e. The molecular formula is C9H5BrClN3OS. The first-order chi connectivity index (χ1) is 7.65. The van der Waals surface area contributed by atoms with Crippen LogP contribution in [-0.2, 0) is 0 Å². The van der Waals surface area contributed by atoms with Crippen molar-refractivity contribution >= 4 is 49.9 Å². The molecule has 0 aliphatic carbocycles. The third-order valence-corrected chi connectivity index (χ3v) is 3.28. The Bertz CT molecular complexity index is 531. The van der Waals surface area contributed by atoms with E-state index in [4.69, 9.17) is 11.6 Å². The predicted molar refractivity (Wildman–Crippen MR) is 67.0 cm³/mol. The quantitative estimate of drug-likeness (QED) is 0.865. The Hall–Kier alpha value is -0.980. The SMILES string of the molecule is O=C(Nc1ncc(Br)s1)c1ccnc(Cl)c1. The Morgan fingerprint density at radius 1 is 1.50 bits per heavy atom. The van der Waals surface area contributed by atoms with Gasteiger partial charge in [0, 0.05) is 11.8 Å². The fourth-order valence-electron chi connectivity index (χ4n) is 1.03. The van der Waals surface area contributed by atoms with Crippen LogP contribution in [0.15, 0.2) is 28.3 Å². The molecule has 7 heteroatoms. The summed E-state index contributed by atoms with van der Waals surface area (Å²) in [6.45, 7) is 0. The number of nitrogens with one attached hydrogen (secondary N) is 1. The molecule has 16 heavy (non-hydrogen) atoms. The minimum Gasteiger partial charge on any atom is -0.298 e. The van der Waals surface area contributed by atoms with E-state index in [9.17, 15) is 4.79 Å². The maximum absolute atomic E-state index is 11.7. The van der Waals surface area contributed by atoms with Crippen LogP contribution >= 0.6 is 38.9 Å². The average molecular weight is 319 g/mol. The maximum atomic E-state index is 11.7. The molecule has 0 spiro atoms. The molecule has 0 aromatic carbocycles. The molecule has 0 aliphatic heterocycles. The summed E-state index contributed by atoms with van der Waals surface area (Å²) in [5.41, 5.74) is 0.450. The summed E-state index contributed by atoms with van der Waals surface area (Å²) >= 11 is 10.3. The Labute approximate surface area is 109 Å². The number of anilines is 1. The van der Waals surface area contributed by atoms with Crippen LogP contribution in [0, 0.1) is 0 Å². The largest absolute Gasteiger partial charge is 0.298 e. The summed E-state index contributed by atoms with van der Waals surface area (Å²) < 4.78 is 0.857. The normalized spacial score (nSPS) is 10.1. The van der Waals surface area contributed by atoms with E-state index in [0.29, 0.717) is 10.7 Å². The van der Waals surface area contributed by atoms with Gasteiger partial charge in [-0.3, -0.25) is 10.1 Å². The molecule has 1 N–H and O–H groups in total. The summed E-state index contributed by atoms with van der Waals surface area (Å²) in [5, 5.41) is 3.48. The summed E-state index contributed by atoms with van der Waals surface area (Å²) in [6.07, 6.45) is 3.11. The van der Waals surface area contributed by atoms with Crippen LogP contribution in [0.4, 0.5) is 5.13 Å². The minimum atomic E-state index is -0.258. The third kappa shape index (κ3) is 2.78. The van der Waals surface area contributed by atoms with E-state index in [1.54, 1.807) is 12.3 Å². The summed E-state index contributed by atoms with van der Waals surface area (Å²) in [4.78, 5) is 19.5. The molecule has 0 fully saturated rings. The molecule has 2 aromatic heterocycles. The molecular weight excluding hydrogens is 314 g/mol. The van der Waals surface area contributed by atoms with Crippen LogP contribution in [0.2, 0.25) is 5.15 Å². The van der Waals surface area contributed by atoms with Crippen LogP contribution in [0.25, 0.3) is 0 Å². The fourth-order valence-corrected chi connectivity index (χ4v) is 2.30. The molecule has 2 aromatic rings. The fraction of sp³-hybridized carbons (Fsp3) is 0. The first-order valence-electron chi connectivity index (χ1n) is 4.19. The molecule has 4 nitrogen and oxygen atoms in total. The monoisotopic (exact) mass is 317 g/mol. The molecule has 0 radical (unpaired) electrons. The van der Waals surface area contributed by atoms with Crippen LogP contribution in [-0.4, -0.2) is 15.9 Å². The number of nitrogens with zero attached hydrogens (tertiary/aromatic N) is 2. The maximum Gasteiger partial charge on any atom is 0.257 e. The molecule has 0 bridgehead atoms. The van der Waals surface area contributed by atoms with Gasteiger partial charge < -0.3 is 0 Å². The number of halogens is 2. The van der Waals surface area contributed by atoms with E-state index in [-0.39, 0.29) is 11.1 Å². The Morgan fingerprint density at radius 3 is 2.94 bits per heavy atom. The lowest BCUT2D eigenvalue weighted by molar-refractivity contribution is 0.102. The standard InChI is InChI=1S/C9H5BrClN3OS/c10-6-4-13-9(16-6)14-8(15)5-1-2-12-7(11)3-5/h1-4H,(H,13,14,15). The zero-order chi connectivity index (χ0) is 11.5. The van der Waals surface area contributed by atoms with E-state index < -0.39 is 0 Å². The van der Waals surface area contributed by atoms with Crippen LogP contribution < -0.4 is 5.32 Å². The Kier molecular flexibility index (Phi) is 3.52. The average Bonchev–Trinajstić information content (AvgIpc) is 2.64. The van der Waals surface area contributed by atoms with E-state index in [0.717, 1.165) is 3.79 Å². The molecule has 1 amide bonds. The number of hydrogen-bond donors (Lipinski definition) is 1. The number of rotatable bonds is 2. The van der Waals surface area contributed by atoms with Gasteiger partial charge in [0.15, 0.2) is 5.13 Å². The summed E-state index contributed by atoms with van der Waals surface area (Å²) in [6, 6.07) is 3.09. The number of carbonyl (C=O) groups excluding carboxylic acids is 1. The lowest BCUT2D eigenvalue weighted by atomic mass is 10.2. The highest BCUT2D eigenvalue weighted by Gasteiger charge is 2.08. The van der Waals surface area contributed by atoms with Gasteiger partial charge in [-0.05, 0) is 28.1 Å². The molecule has 0 saturated carbocycles. The van der Waals surface area contributed by atoms with Crippen LogP contribution in [0.3, 0.4) is 0 Å². The van der Waals surface area contributed by atoms with Gasteiger partial charge in [0.2, 0.25) is 0 Å². The molecule has 0 atom stereocenters. The van der Waals surface area contributed by atoms with Crippen molar-refractivity contribution in [2.45, 2.75) is 0 Å². The highest BCUT2D eigenvalue weighted by Crippen LogP contribution is 2.23. The van der Waals surface area contributed by atoms with Gasteiger partial charge >= 0.3 is 0 Å². The van der Waals surface area contributed by atoms with Gasteiger partial charge in [-0.25, -0.2) is 9.97 Å². The van der Waals surface area contributed by atoms with Crippen molar-refractivity contribution in [3.05, 3.63) is 39.0 Å². The lowest BCUT2D eigenvalue weighted by Crippen LogP contribution is -2.11.